The van der Waals surface area contributed by atoms with E-state index < -0.39 is 0 Å². The lowest BCUT2D eigenvalue weighted by Gasteiger charge is -2.04. The van der Waals surface area contributed by atoms with Crippen LogP contribution in [0.4, 0.5) is 5.69 Å². The van der Waals surface area contributed by atoms with E-state index in [9.17, 15) is 0 Å². The van der Waals surface area contributed by atoms with Gasteiger partial charge in [0.1, 0.15) is 24.0 Å². The van der Waals surface area contributed by atoms with Crippen molar-refractivity contribution in [3.8, 4) is 0 Å². The van der Waals surface area contributed by atoms with Gasteiger partial charge in [0.15, 0.2) is 0 Å². The van der Waals surface area contributed by atoms with Crippen LogP contribution in [0.15, 0.2) is 34.7 Å². The number of benzene rings is 1. The van der Waals surface area contributed by atoms with E-state index in [1.165, 1.54) is 0 Å². The molecular formula is C14H15N3O2. The van der Waals surface area contributed by atoms with Crippen LogP contribution >= 0.6 is 0 Å². The standard InChI is InChI=1S/C14H15N3O2/c1-9-16-13-5-2-10(6-14(13)17-9)15-7-11-3-4-12(8-18)19-11/h2-6,15,18H,7-8H2,1H3,(H,16,17). The molecule has 1 aromatic carbocycles. The molecule has 3 aromatic rings. The smallest absolute Gasteiger partial charge is 0.129 e. The Morgan fingerprint density at radius 3 is 2.89 bits per heavy atom. The molecule has 0 fully saturated rings. The fourth-order valence-corrected chi connectivity index (χ4v) is 2.04. The van der Waals surface area contributed by atoms with Gasteiger partial charge in [-0.25, -0.2) is 4.98 Å². The average Bonchev–Trinajstić information content (AvgIpc) is 3.00. The maximum absolute atomic E-state index is 8.93. The van der Waals surface area contributed by atoms with Crippen molar-refractivity contribution in [1.29, 1.82) is 0 Å². The van der Waals surface area contributed by atoms with Crippen molar-refractivity contribution >= 4 is 16.7 Å². The summed E-state index contributed by atoms with van der Waals surface area (Å²) in [6, 6.07) is 9.61. The number of aromatic nitrogens is 2. The van der Waals surface area contributed by atoms with Crippen LogP contribution in [0.5, 0.6) is 0 Å². The maximum Gasteiger partial charge on any atom is 0.129 e. The van der Waals surface area contributed by atoms with E-state index in [1.807, 2.05) is 31.2 Å². The van der Waals surface area contributed by atoms with Crippen molar-refractivity contribution in [2.45, 2.75) is 20.1 Å². The molecule has 5 nitrogen and oxygen atoms in total. The average molecular weight is 257 g/mol. The number of hydrogen-bond acceptors (Lipinski definition) is 4. The predicted molar refractivity (Wildman–Crippen MR) is 72.8 cm³/mol. The molecule has 3 N–H and O–H groups in total. The Bertz CT molecular complexity index is 700. The van der Waals surface area contributed by atoms with E-state index in [4.69, 9.17) is 9.52 Å². The first-order valence-corrected chi connectivity index (χ1v) is 6.13. The Morgan fingerprint density at radius 1 is 1.26 bits per heavy atom. The number of fused-ring (bicyclic) bond motifs is 1. The number of furan rings is 1. The summed E-state index contributed by atoms with van der Waals surface area (Å²) < 4.78 is 5.41. The summed E-state index contributed by atoms with van der Waals surface area (Å²) in [5, 5.41) is 12.2. The summed E-state index contributed by atoms with van der Waals surface area (Å²) >= 11 is 0. The number of rotatable bonds is 4. The molecule has 0 amide bonds. The molecule has 0 saturated carbocycles. The molecule has 0 bridgehead atoms. The first kappa shape index (κ1) is 11.8. The van der Waals surface area contributed by atoms with Crippen LogP contribution in [-0.4, -0.2) is 15.1 Å². The van der Waals surface area contributed by atoms with Crippen LogP contribution in [0.25, 0.3) is 11.0 Å². The number of imidazole rings is 1. The van der Waals surface area contributed by atoms with Gasteiger partial charge in [0.25, 0.3) is 0 Å². The Labute approximate surface area is 110 Å². The highest BCUT2D eigenvalue weighted by molar-refractivity contribution is 5.79. The molecular weight excluding hydrogens is 242 g/mol. The first-order chi connectivity index (χ1) is 9.24. The second-order valence-electron chi connectivity index (χ2n) is 4.43. The highest BCUT2D eigenvalue weighted by Gasteiger charge is 2.03. The number of aromatic amines is 1. The molecule has 0 aliphatic rings. The summed E-state index contributed by atoms with van der Waals surface area (Å²) in [6.45, 7) is 2.45. The number of H-pyrrole nitrogens is 1. The third kappa shape index (κ3) is 2.46. The van der Waals surface area contributed by atoms with Gasteiger partial charge in [-0.2, -0.15) is 0 Å². The van der Waals surface area contributed by atoms with Gasteiger partial charge in [-0.05, 0) is 37.3 Å². The first-order valence-electron chi connectivity index (χ1n) is 6.13. The number of anilines is 1. The normalized spacial score (nSPS) is 11.1. The number of nitrogens with one attached hydrogen (secondary N) is 2. The van der Waals surface area contributed by atoms with E-state index in [1.54, 1.807) is 6.07 Å². The SMILES string of the molecule is Cc1nc2ccc(NCc3ccc(CO)o3)cc2[nH]1. The van der Waals surface area contributed by atoms with Gasteiger partial charge < -0.3 is 19.8 Å². The van der Waals surface area contributed by atoms with Crippen molar-refractivity contribution in [2.75, 3.05) is 5.32 Å². The van der Waals surface area contributed by atoms with E-state index >= 15 is 0 Å². The van der Waals surface area contributed by atoms with Crippen molar-refractivity contribution in [2.24, 2.45) is 0 Å². The van der Waals surface area contributed by atoms with Gasteiger partial charge in [0.05, 0.1) is 17.6 Å². The minimum absolute atomic E-state index is 0.0701. The zero-order chi connectivity index (χ0) is 13.2. The molecule has 5 heteroatoms. The Kier molecular flexibility index (Phi) is 2.97. The molecule has 0 radical (unpaired) electrons. The van der Waals surface area contributed by atoms with Crippen molar-refractivity contribution in [3.63, 3.8) is 0 Å². The second-order valence-corrected chi connectivity index (χ2v) is 4.43. The van der Waals surface area contributed by atoms with E-state index in [2.05, 4.69) is 15.3 Å². The predicted octanol–water partition coefficient (Wildman–Crippen LogP) is 2.57. The topological polar surface area (TPSA) is 74.1 Å². The van der Waals surface area contributed by atoms with Crippen LogP contribution < -0.4 is 5.32 Å². The fourth-order valence-electron chi connectivity index (χ4n) is 2.04. The van der Waals surface area contributed by atoms with Crippen LogP contribution in [0.1, 0.15) is 17.3 Å². The third-order valence-corrected chi connectivity index (χ3v) is 2.94. The molecule has 0 saturated heterocycles. The third-order valence-electron chi connectivity index (χ3n) is 2.94. The molecule has 0 unspecified atom stereocenters. The zero-order valence-corrected chi connectivity index (χ0v) is 10.6. The Balaban J connectivity index is 1.73. The number of aryl methyl sites for hydroxylation is 1. The van der Waals surface area contributed by atoms with Crippen LogP contribution in [0.2, 0.25) is 0 Å². The molecule has 0 aliphatic carbocycles. The fraction of sp³-hybridized carbons (Fsp3) is 0.214. The maximum atomic E-state index is 8.93. The van der Waals surface area contributed by atoms with Gasteiger partial charge >= 0.3 is 0 Å². The van der Waals surface area contributed by atoms with Crippen molar-refractivity contribution in [1.82, 2.24) is 9.97 Å². The summed E-state index contributed by atoms with van der Waals surface area (Å²) in [5.74, 6) is 2.28. The van der Waals surface area contributed by atoms with Gasteiger partial charge in [-0.1, -0.05) is 0 Å². The highest BCUT2D eigenvalue weighted by atomic mass is 16.4. The minimum atomic E-state index is -0.0701. The van der Waals surface area contributed by atoms with Gasteiger partial charge in [0.2, 0.25) is 0 Å². The van der Waals surface area contributed by atoms with Gasteiger partial charge in [-0.15, -0.1) is 0 Å². The molecule has 0 spiro atoms. The second kappa shape index (κ2) is 4.78. The van der Waals surface area contributed by atoms with Gasteiger partial charge in [0, 0.05) is 5.69 Å². The lowest BCUT2D eigenvalue weighted by Crippen LogP contribution is -1.97. The van der Waals surface area contributed by atoms with Crippen LogP contribution in [0, 0.1) is 6.92 Å². The number of nitrogens with zero attached hydrogens (tertiary/aromatic N) is 1. The van der Waals surface area contributed by atoms with Crippen LogP contribution in [0.3, 0.4) is 0 Å². The van der Waals surface area contributed by atoms with Gasteiger partial charge in [-0.3, -0.25) is 0 Å². The van der Waals surface area contributed by atoms with E-state index in [0.29, 0.717) is 12.3 Å². The molecule has 2 aromatic heterocycles. The number of aliphatic hydroxyl groups excluding tert-OH is 1. The molecule has 3 rings (SSSR count). The molecule has 0 atom stereocenters. The number of aliphatic hydroxyl groups is 1. The molecule has 0 aliphatic heterocycles. The highest BCUT2D eigenvalue weighted by Crippen LogP contribution is 2.18. The number of hydrogen-bond donors (Lipinski definition) is 3. The van der Waals surface area contributed by atoms with Crippen LogP contribution in [-0.2, 0) is 13.2 Å². The Morgan fingerprint density at radius 2 is 2.11 bits per heavy atom. The lowest BCUT2D eigenvalue weighted by molar-refractivity contribution is 0.244. The monoisotopic (exact) mass is 257 g/mol. The quantitative estimate of drug-likeness (QED) is 0.671. The molecule has 98 valence electrons. The minimum Gasteiger partial charge on any atom is -0.462 e. The largest absolute Gasteiger partial charge is 0.462 e. The van der Waals surface area contributed by atoms with E-state index in [0.717, 1.165) is 28.3 Å². The summed E-state index contributed by atoms with van der Waals surface area (Å²) in [6.07, 6.45) is 0. The van der Waals surface area contributed by atoms with Crippen molar-refractivity contribution in [3.05, 3.63) is 47.7 Å². The Hall–Kier alpha value is -2.27. The zero-order valence-electron chi connectivity index (χ0n) is 10.6. The lowest BCUT2D eigenvalue weighted by atomic mass is 10.2. The molecule has 19 heavy (non-hydrogen) atoms. The summed E-state index contributed by atoms with van der Waals surface area (Å²) in [7, 11) is 0. The van der Waals surface area contributed by atoms with Crippen molar-refractivity contribution < 1.29 is 9.52 Å². The summed E-state index contributed by atoms with van der Waals surface area (Å²) in [4.78, 5) is 7.56. The van der Waals surface area contributed by atoms with E-state index in [-0.39, 0.29) is 6.61 Å². The summed E-state index contributed by atoms with van der Waals surface area (Å²) in [5.41, 5.74) is 2.97. The molecule has 2 heterocycles.